The molecule has 2 aliphatic rings. The minimum absolute atomic E-state index is 0.495. The number of fused-ring (bicyclic) bond motifs is 1. The molecule has 0 radical (unpaired) electrons. The number of hydrogen-bond acceptors (Lipinski definition) is 3. The van der Waals surface area contributed by atoms with Crippen LogP contribution in [0.1, 0.15) is 37.8 Å². The fourth-order valence-electron chi connectivity index (χ4n) is 3.52. The largest absolute Gasteiger partial charge is 0.381 e. The second-order valence-corrected chi connectivity index (χ2v) is 8.54. The molecule has 4 rings (SSSR count). The molecule has 2 N–H and O–H groups in total. The van der Waals surface area contributed by atoms with Gasteiger partial charge in [-0.05, 0) is 31.4 Å². The fraction of sp³-hybridized carbons (Fsp3) is 0.500. The first kappa shape index (κ1) is 15.8. The van der Waals surface area contributed by atoms with Crippen molar-refractivity contribution in [2.45, 2.75) is 44.2 Å². The predicted octanol–water partition coefficient (Wildman–Crippen LogP) is 5.21. The molecule has 23 heavy (non-hydrogen) atoms. The van der Waals surface area contributed by atoms with E-state index >= 15 is 0 Å². The lowest BCUT2D eigenvalue weighted by Crippen LogP contribution is -2.14. The first-order chi connectivity index (χ1) is 11.3. The summed E-state index contributed by atoms with van der Waals surface area (Å²) in [5, 5.41) is 6.20. The van der Waals surface area contributed by atoms with Gasteiger partial charge < -0.3 is 10.3 Å². The highest BCUT2D eigenvalue weighted by molar-refractivity contribution is 14.1. The average molecular weight is 439 g/mol. The Kier molecular flexibility index (Phi) is 4.85. The van der Waals surface area contributed by atoms with E-state index in [0.717, 1.165) is 5.75 Å². The number of aromatic nitrogens is 1. The summed E-state index contributed by atoms with van der Waals surface area (Å²) in [5.41, 5.74) is 3.66. The molecule has 1 aliphatic carbocycles. The number of aliphatic imine (C=N–C) groups is 1. The van der Waals surface area contributed by atoms with Crippen molar-refractivity contribution in [3.63, 3.8) is 0 Å². The predicted molar refractivity (Wildman–Crippen MR) is 110 cm³/mol. The number of H-pyrrole nitrogens is 1. The maximum absolute atomic E-state index is 4.90. The highest BCUT2D eigenvalue weighted by atomic mass is 127. The van der Waals surface area contributed by atoms with E-state index in [2.05, 4.69) is 57.2 Å². The van der Waals surface area contributed by atoms with E-state index in [1.165, 1.54) is 63.9 Å². The first-order valence-electron chi connectivity index (χ1n) is 8.48. The third kappa shape index (κ3) is 3.40. The second-order valence-electron chi connectivity index (χ2n) is 6.46. The van der Waals surface area contributed by atoms with Crippen molar-refractivity contribution in [1.29, 1.82) is 0 Å². The lowest BCUT2D eigenvalue weighted by Gasteiger charge is -2.14. The fourth-order valence-corrected chi connectivity index (χ4v) is 5.32. The number of thioether (sulfide) groups is 1. The Balaban J connectivity index is 1.61. The summed E-state index contributed by atoms with van der Waals surface area (Å²) < 4.78 is 1.18. The van der Waals surface area contributed by atoms with Gasteiger partial charge in [0.25, 0.3) is 0 Å². The molecule has 0 spiro atoms. The lowest BCUT2D eigenvalue weighted by molar-refractivity contribution is 0.751. The number of halogens is 1. The molecule has 122 valence electrons. The van der Waals surface area contributed by atoms with E-state index in [0.29, 0.717) is 12.1 Å². The number of nitrogens with zero attached hydrogens (tertiary/aromatic N) is 1. The van der Waals surface area contributed by atoms with Gasteiger partial charge in [-0.3, -0.25) is 4.99 Å². The van der Waals surface area contributed by atoms with Gasteiger partial charge in [0, 0.05) is 21.6 Å². The molecule has 2 heterocycles. The molecule has 0 bridgehead atoms. The molecule has 1 saturated carbocycles. The van der Waals surface area contributed by atoms with Crippen LogP contribution in [0.2, 0.25) is 0 Å². The molecule has 1 aromatic carbocycles. The van der Waals surface area contributed by atoms with Crippen LogP contribution >= 0.6 is 34.4 Å². The molecule has 1 fully saturated rings. The van der Waals surface area contributed by atoms with Crippen LogP contribution in [0.15, 0.2) is 29.3 Å². The van der Waals surface area contributed by atoms with Crippen LogP contribution in [0.4, 0.5) is 5.69 Å². The number of anilines is 1. The van der Waals surface area contributed by atoms with Crippen LogP contribution in [-0.4, -0.2) is 32.3 Å². The Labute approximate surface area is 155 Å². The monoisotopic (exact) mass is 439 g/mol. The molecule has 5 heteroatoms. The van der Waals surface area contributed by atoms with Gasteiger partial charge in [-0.1, -0.05) is 47.6 Å². The van der Waals surface area contributed by atoms with Gasteiger partial charge in [0.05, 0.1) is 22.9 Å². The van der Waals surface area contributed by atoms with Gasteiger partial charge >= 0.3 is 0 Å². The highest BCUT2D eigenvalue weighted by Gasteiger charge is 2.21. The minimum Gasteiger partial charge on any atom is -0.381 e. The molecule has 1 aromatic heterocycles. The van der Waals surface area contributed by atoms with Crippen LogP contribution < -0.4 is 5.32 Å². The Morgan fingerprint density at radius 3 is 3.00 bits per heavy atom. The lowest BCUT2D eigenvalue weighted by atomic mass is 10.2. The Morgan fingerprint density at radius 2 is 2.17 bits per heavy atom. The maximum Gasteiger partial charge on any atom is 0.114 e. The molecule has 0 amide bonds. The van der Waals surface area contributed by atoms with Crippen molar-refractivity contribution in [3.8, 4) is 0 Å². The summed E-state index contributed by atoms with van der Waals surface area (Å²) >= 11 is 4.34. The summed E-state index contributed by atoms with van der Waals surface area (Å²) in [6.07, 6.45) is 6.49. The molecule has 1 atom stereocenters. The molecular formula is C18H22IN3S. The van der Waals surface area contributed by atoms with Crippen LogP contribution in [0.25, 0.3) is 10.9 Å². The SMILES string of the molecule is ICC[C@@H]1CSC(c2cc3cccc(NC4CCCC4)c3[nH]2)=N1. The summed E-state index contributed by atoms with van der Waals surface area (Å²) in [6, 6.07) is 9.93. The van der Waals surface area contributed by atoms with Gasteiger partial charge in [-0.2, -0.15) is 0 Å². The third-order valence-corrected chi connectivity index (χ3v) is 6.53. The van der Waals surface area contributed by atoms with E-state index in [4.69, 9.17) is 4.99 Å². The quantitative estimate of drug-likeness (QED) is 0.496. The van der Waals surface area contributed by atoms with E-state index in [1.807, 2.05) is 11.8 Å². The minimum atomic E-state index is 0.495. The Hall–Kier alpha value is -0.690. The second kappa shape index (κ2) is 7.05. The zero-order valence-electron chi connectivity index (χ0n) is 13.1. The van der Waals surface area contributed by atoms with Gasteiger partial charge in [-0.15, -0.1) is 11.8 Å². The maximum atomic E-state index is 4.90. The van der Waals surface area contributed by atoms with Gasteiger partial charge in [0.15, 0.2) is 0 Å². The number of alkyl halides is 1. The average Bonchev–Trinajstić information content (AvgIpc) is 3.27. The molecule has 1 aliphatic heterocycles. The van der Waals surface area contributed by atoms with Crippen molar-refractivity contribution in [2.24, 2.45) is 4.99 Å². The molecule has 2 aromatic rings. The zero-order chi connectivity index (χ0) is 15.6. The van der Waals surface area contributed by atoms with E-state index in [9.17, 15) is 0 Å². The number of para-hydroxylation sites is 1. The summed E-state index contributed by atoms with van der Waals surface area (Å²) in [6.45, 7) is 0. The number of rotatable bonds is 5. The Morgan fingerprint density at radius 1 is 1.30 bits per heavy atom. The van der Waals surface area contributed by atoms with Crippen LogP contribution in [0.3, 0.4) is 0 Å². The first-order valence-corrected chi connectivity index (χ1v) is 11.0. The van der Waals surface area contributed by atoms with Crippen molar-refractivity contribution in [1.82, 2.24) is 4.98 Å². The van der Waals surface area contributed by atoms with Gasteiger partial charge in [0.1, 0.15) is 5.04 Å². The topological polar surface area (TPSA) is 40.2 Å². The van der Waals surface area contributed by atoms with Crippen LogP contribution in [0.5, 0.6) is 0 Å². The van der Waals surface area contributed by atoms with Crippen molar-refractivity contribution in [2.75, 3.05) is 15.5 Å². The molecule has 0 unspecified atom stereocenters. The highest BCUT2D eigenvalue weighted by Crippen LogP contribution is 2.31. The molecule has 0 saturated heterocycles. The van der Waals surface area contributed by atoms with E-state index < -0.39 is 0 Å². The normalized spacial score (nSPS) is 22.0. The standard InChI is InChI=1S/C18H22IN3S/c19-9-8-14-11-23-18(21-14)16-10-12-4-3-7-15(17(12)22-16)20-13-5-1-2-6-13/h3-4,7,10,13-14,20,22H,1-2,5-6,8-9,11H2/t14-/m1/s1. The summed E-state index contributed by atoms with van der Waals surface area (Å²) in [7, 11) is 0. The van der Waals surface area contributed by atoms with Crippen molar-refractivity contribution in [3.05, 3.63) is 30.0 Å². The summed E-state index contributed by atoms with van der Waals surface area (Å²) in [4.78, 5) is 8.53. The van der Waals surface area contributed by atoms with E-state index in [1.54, 1.807) is 0 Å². The zero-order valence-corrected chi connectivity index (χ0v) is 16.1. The van der Waals surface area contributed by atoms with Crippen LogP contribution in [0, 0.1) is 0 Å². The molecular weight excluding hydrogens is 417 g/mol. The van der Waals surface area contributed by atoms with Crippen molar-refractivity contribution < 1.29 is 0 Å². The van der Waals surface area contributed by atoms with Crippen molar-refractivity contribution >= 4 is 56.0 Å². The van der Waals surface area contributed by atoms with Crippen LogP contribution in [-0.2, 0) is 0 Å². The third-order valence-electron chi connectivity index (χ3n) is 4.76. The Bertz CT molecular complexity index is 718. The summed E-state index contributed by atoms with van der Waals surface area (Å²) in [5.74, 6) is 1.13. The van der Waals surface area contributed by atoms with Gasteiger partial charge in [0.2, 0.25) is 0 Å². The smallest absolute Gasteiger partial charge is 0.114 e. The van der Waals surface area contributed by atoms with E-state index in [-0.39, 0.29) is 0 Å². The number of hydrogen-bond donors (Lipinski definition) is 2. The number of aromatic amines is 1. The number of nitrogens with one attached hydrogen (secondary N) is 2. The number of benzene rings is 1. The molecule has 3 nitrogen and oxygen atoms in total. The van der Waals surface area contributed by atoms with Gasteiger partial charge in [-0.25, -0.2) is 0 Å².